The van der Waals surface area contributed by atoms with Crippen LogP contribution in [0.15, 0.2) is 30.3 Å². The number of aryl methyl sites for hydroxylation is 3. The maximum atomic E-state index is 12.5. The first-order valence-corrected chi connectivity index (χ1v) is 11.6. The normalized spacial score (nSPS) is 15.9. The van der Waals surface area contributed by atoms with Gasteiger partial charge < -0.3 is 10.1 Å². The molecule has 1 aliphatic rings. The molecule has 0 radical (unpaired) electrons. The summed E-state index contributed by atoms with van der Waals surface area (Å²) in [5, 5.41) is 7.70. The van der Waals surface area contributed by atoms with Crippen molar-refractivity contribution in [2.75, 3.05) is 17.7 Å². The molecule has 162 valence electrons. The lowest BCUT2D eigenvalue weighted by Crippen LogP contribution is -2.17. The number of carbonyl (C=O) groups is 1. The highest BCUT2D eigenvalue weighted by Crippen LogP contribution is 2.43. The number of hydrogen-bond acceptors (Lipinski definition) is 6. The monoisotopic (exact) mass is 437 g/mol. The van der Waals surface area contributed by atoms with Gasteiger partial charge in [0.15, 0.2) is 0 Å². The lowest BCUT2D eigenvalue weighted by Gasteiger charge is -2.16. The van der Waals surface area contributed by atoms with Crippen LogP contribution in [0.3, 0.4) is 0 Å². The van der Waals surface area contributed by atoms with E-state index in [2.05, 4.69) is 34.3 Å². The predicted octanol–water partition coefficient (Wildman–Crippen LogP) is 4.54. The highest BCUT2D eigenvalue weighted by Gasteiger charge is 2.31. The van der Waals surface area contributed by atoms with Crippen molar-refractivity contribution >= 4 is 23.5 Å². The Kier molecular flexibility index (Phi) is 6.27. The summed E-state index contributed by atoms with van der Waals surface area (Å²) in [6.07, 6.45) is 2.14. The third kappa shape index (κ3) is 4.58. The topological polar surface area (TPSA) is 81.9 Å². The van der Waals surface area contributed by atoms with Crippen molar-refractivity contribution in [1.29, 1.82) is 0 Å². The van der Waals surface area contributed by atoms with Crippen molar-refractivity contribution in [2.24, 2.45) is 0 Å². The molecule has 0 saturated carbocycles. The molecule has 1 aliphatic heterocycles. The van der Waals surface area contributed by atoms with Crippen LogP contribution in [-0.2, 0) is 4.79 Å². The van der Waals surface area contributed by atoms with Gasteiger partial charge in [-0.2, -0.15) is 9.78 Å². The molecule has 4 rings (SSSR count). The standard InChI is InChI=1S/C23H27N5O2S/c1-5-6-11-30-18-9-7-17(8-10-18)21-20-16(4)27-28(22(20)26-19(29)13-31-21)23-24-14(2)12-15(3)25-23/h7-10,12,21H,5-6,11,13H2,1-4H3,(H,26,29)/t21-/m1/s1. The summed E-state index contributed by atoms with van der Waals surface area (Å²) in [6.45, 7) is 8.68. The van der Waals surface area contributed by atoms with Crippen molar-refractivity contribution in [3.8, 4) is 11.7 Å². The van der Waals surface area contributed by atoms with Crippen LogP contribution in [0.25, 0.3) is 5.95 Å². The van der Waals surface area contributed by atoms with E-state index in [1.165, 1.54) is 0 Å². The SMILES string of the molecule is CCCCOc1ccc([C@H]2SCC(=O)Nc3c2c(C)nn3-c2nc(C)cc(C)n2)cc1. The minimum absolute atomic E-state index is 0.0294. The smallest absolute Gasteiger partial charge is 0.252 e. The number of rotatable bonds is 6. The van der Waals surface area contributed by atoms with Gasteiger partial charge in [-0.05, 0) is 51.0 Å². The first kappa shape index (κ1) is 21.4. The van der Waals surface area contributed by atoms with Crippen LogP contribution in [-0.4, -0.2) is 38.0 Å². The molecule has 1 aromatic carbocycles. The largest absolute Gasteiger partial charge is 0.494 e. The second-order valence-corrected chi connectivity index (χ2v) is 8.81. The number of thioether (sulfide) groups is 1. The van der Waals surface area contributed by atoms with Gasteiger partial charge in [-0.1, -0.05) is 25.5 Å². The zero-order chi connectivity index (χ0) is 22.0. The molecule has 0 bridgehead atoms. The van der Waals surface area contributed by atoms with Gasteiger partial charge in [0.25, 0.3) is 5.95 Å². The van der Waals surface area contributed by atoms with Gasteiger partial charge in [0.2, 0.25) is 5.91 Å². The number of benzene rings is 1. The Morgan fingerprint density at radius 1 is 1.16 bits per heavy atom. The number of nitrogens with one attached hydrogen (secondary N) is 1. The lowest BCUT2D eigenvalue weighted by atomic mass is 10.0. The number of ether oxygens (including phenoxy) is 1. The summed E-state index contributed by atoms with van der Waals surface area (Å²) < 4.78 is 7.46. The van der Waals surface area contributed by atoms with Gasteiger partial charge in [-0.25, -0.2) is 9.97 Å². The van der Waals surface area contributed by atoms with Crippen LogP contribution in [0.4, 0.5) is 5.82 Å². The maximum absolute atomic E-state index is 12.5. The van der Waals surface area contributed by atoms with Gasteiger partial charge in [-0.3, -0.25) is 4.79 Å². The summed E-state index contributed by atoms with van der Waals surface area (Å²) in [5.74, 6) is 2.28. The number of amides is 1. The van der Waals surface area contributed by atoms with Gasteiger partial charge in [0.05, 0.1) is 23.3 Å². The van der Waals surface area contributed by atoms with Crippen molar-refractivity contribution in [1.82, 2.24) is 19.7 Å². The fraction of sp³-hybridized carbons (Fsp3) is 0.391. The summed E-state index contributed by atoms with van der Waals surface area (Å²) in [4.78, 5) is 21.6. The second-order valence-electron chi connectivity index (χ2n) is 7.72. The summed E-state index contributed by atoms with van der Waals surface area (Å²) in [7, 11) is 0. The van der Waals surface area contributed by atoms with Crippen LogP contribution in [0.2, 0.25) is 0 Å². The molecule has 1 atom stereocenters. The average Bonchev–Trinajstić information content (AvgIpc) is 2.94. The van der Waals surface area contributed by atoms with Crippen LogP contribution >= 0.6 is 11.8 Å². The van der Waals surface area contributed by atoms with E-state index in [0.717, 1.165) is 53.4 Å². The highest BCUT2D eigenvalue weighted by molar-refractivity contribution is 8.00. The van der Waals surface area contributed by atoms with Crippen molar-refractivity contribution in [3.63, 3.8) is 0 Å². The van der Waals surface area contributed by atoms with Crippen LogP contribution in [0, 0.1) is 20.8 Å². The predicted molar refractivity (Wildman–Crippen MR) is 123 cm³/mol. The number of fused-ring (bicyclic) bond motifs is 1. The number of anilines is 1. The minimum Gasteiger partial charge on any atom is -0.494 e. The Balaban J connectivity index is 1.73. The van der Waals surface area contributed by atoms with E-state index < -0.39 is 0 Å². The fourth-order valence-electron chi connectivity index (χ4n) is 3.67. The zero-order valence-corrected chi connectivity index (χ0v) is 19.1. The minimum atomic E-state index is -0.0567. The Morgan fingerprint density at radius 3 is 2.55 bits per heavy atom. The molecule has 8 heteroatoms. The van der Waals surface area contributed by atoms with Crippen molar-refractivity contribution in [3.05, 3.63) is 58.5 Å². The molecule has 0 unspecified atom stereocenters. The molecule has 1 amide bonds. The molecule has 31 heavy (non-hydrogen) atoms. The third-order valence-electron chi connectivity index (χ3n) is 5.12. The van der Waals surface area contributed by atoms with E-state index in [1.807, 2.05) is 39.0 Å². The molecular formula is C23H27N5O2S. The molecule has 7 nitrogen and oxygen atoms in total. The molecular weight excluding hydrogens is 410 g/mol. The molecule has 0 spiro atoms. The quantitative estimate of drug-likeness (QED) is 0.570. The molecule has 0 aliphatic carbocycles. The molecule has 2 aromatic heterocycles. The summed E-state index contributed by atoms with van der Waals surface area (Å²) in [6, 6.07) is 10.1. The number of hydrogen-bond donors (Lipinski definition) is 1. The first-order chi connectivity index (χ1) is 15.0. The molecule has 3 heterocycles. The first-order valence-electron chi connectivity index (χ1n) is 10.5. The third-order valence-corrected chi connectivity index (χ3v) is 6.39. The molecule has 0 fully saturated rings. The van der Waals surface area contributed by atoms with Gasteiger partial charge in [0.1, 0.15) is 11.6 Å². The Labute approximate surface area is 186 Å². The number of unbranched alkanes of at least 4 members (excludes halogenated alkanes) is 1. The maximum Gasteiger partial charge on any atom is 0.252 e. The Bertz CT molecular complexity index is 1070. The van der Waals surface area contributed by atoms with E-state index >= 15 is 0 Å². The summed E-state index contributed by atoms with van der Waals surface area (Å²) >= 11 is 1.60. The zero-order valence-electron chi connectivity index (χ0n) is 18.3. The molecule has 3 aromatic rings. The molecule has 0 saturated heterocycles. The van der Waals surface area contributed by atoms with E-state index in [0.29, 0.717) is 17.5 Å². The van der Waals surface area contributed by atoms with Gasteiger partial charge in [0, 0.05) is 17.0 Å². The van der Waals surface area contributed by atoms with E-state index in [4.69, 9.17) is 9.84 Å². The average molecular weight is 438 g/mol. The van der Waals surface area contributed by atoms with Crippen LogP contribution in [0.1, 0.15) is 53.2 Å². The molecule has 1 N–H and O–H groups in total. The van der Waals surface area contributed by atoms with Gasteiger partial charge in [-0.15, -0.1) is 11.8 Å². The number of aromatic nitrogens is 4. The van der Waals surface area contributed by atoms with E-state index in [9.17, 15) is 4.79 Å². The van der Waals surface area contributed by atoms with Crippen molar-refractivity contribution < 1.29 is 9.53 Å². The van der Waals surface area contributed by atoms with Crippen LogP contribution < -0.4 is 10.1 Å². The van der Waals surface area contributed by atoms with Crippen LogP contribution in [0.5, 0.6) is 5.75 Å². The fourth-order valence-corrected chi connectivity index (χ4v) is 4.86. The highest BCUT2D eigenvalue weighted by atomic mass is 32.2. The second kappa shape index (κ2) is 9.09. The van der Waals surface area contributed by atoms with E-state index in [-0.39, 0.29) is 11.2 Å². The number of carbonyl (C=O) groups excluding carboxylic acids is 1. The lowest BCUT2D eigenvalue weighted by molar-refractivity contribution is -0.113. The Morgan fingerprint density at radius 2 is 1.87 bits per heavy atom. The van der Waals surface area contributed by atoms with E-state index in [1.54, 1.807) is 16.4 Å². The Hall–Kier alpha value is -2.87. The number of nitrogens with zero attached hydrogens (tertiary/aromatic N) is 4. The van der Waals surface area contributed by atoms with Crippen molar-refractivity contribution in [2.45, 2.75) is 45.8 Å². The van der Waals surface area contributed by atoms with Gasteiger partial charge >= 0.3 is 0 Å². The summed E-state index contributed by atoms with van der Waals surface area (Å²) in [5.41, 5.74) is 4.65.